The van der Waals surface area contributed by atoms with Gasteiger partial charge in [-0.25, -0.2) is 0 Å². The minimum absolute atomic E-state index is 0.249. The molecule has 3 atom stereocenters. The van der Waals surface area contributed by atoms with Gasteiger partial charge >= 0.3 is 0 Å². The molecule has 0 aromatic carbocycles. The topological polar surface area (TPSA) is 15.3 Å². The van der Waals surface area contributed by atoms with E-state index in [9.17, 15) is 0 Å². The van der Waals surface area contributed by atoms with E-state index in [4.69, 9.17) is 0 Å². The van der Waals surface area contributed by atoms with E-state index in [1.165, 1.54) is 30.8 Å². The van der Waals surface area contributed by atoms with Gasteiger partial charge in [-0.05, 0) is 23.8 Å². The summed E-state index contributed by atoms with van der Waals surface area (Å²) in [7, 11) is 0. The Balaban J connectivity index is 2.07. The van der Waals surface area contributed by atoms with E-state index in [2.05, 4.69) is 62.3 Å². The molecule has 1 aromatic rings. The summed E-state index contributed by atoms with van der Waals surface area (Å²) in [5, 5.41) is 5.98. The van der Waals surface area contributed by atoms with Crippen molar-refractivity contribution in [2.24, 2.45) is 5.92 Å². The zero-order chi connectivity index (χ0) is 15.5. The highest BCUT2D eigenvalue weighted by Gasteiger charge is 2.33. The second-order valence-electron chi connectivity index (χ2n) is 7.25. The predicted molar refractivity (Wildman–Crippen MR) is 94.2 cm³/mol. The monoisotopic (exact) mass is 308 g/mol. The van der Waals surface area contributed by atoms with Gasteiger partial charge in [-0.15, -0.1) is 11.3 Å². The summed E-state index contributed by atoms with van der Waals surface area (Å²) in [6.07, 6.45) is 2.50. The Morgan fingerprint density at radius 3 is 2.76 bits per heavy atom. The van der Waals surface area contributed by atoms with Crippen LogP contribution < -0.4 is 5.32 Å². The molecule has 1 fully saturated rings. The molecule has 0 bridgehead atoms. The van der Waals surface area contributed by atoms with Crippen LogP contribution in [-0.4, -0.2) is 36.6 Å². The summed E-state index contributed by atoms with van der Waals surface area (Å²) in [4.78, 5) is 4.25. The normalized spacial score (nSPS) is 26.0. The molecule has 2 nitrogen and oxygen atoms in total. The van der Waals surface area contributed by atoms with Crippen molar-refractivity contribution in [3.05, 3.63) is 22.4 Å². The zero-order valence-electron chi connectivity index (χ0n) is 14.4. The first kappa shape index (κ1) is 17.0. The van der Waals surface area contributed by atoms with Crippen LogP contribution in [-0.2, 0) is 5.41 Å². The Labute approximate surface area is 134 Å². The Hall–Kier alpha value is -0.380. The van der Waals surface area contributed by atoms with Crippen molar-refractivity contribution < 1.29 is 0 Å². The number of nitrogens with zero attached hydrogens (tertiary/aromatic N) is 1. The fraction of sp³-hybridized carbons (Fsp3) is 0.778. The van der Waals surface area contributed by atoms with Crippen molar-refractivity contribution in [1.29, 1.82) is 0 Å². The molecule has 3 unspecified atom stereocenters. The van der Waals surface area contributed by atoms with Crippen molar-refractivity contribution >= 4 is 11.3 Å². The molecular weight excluding hydrogens is 276 g/mol. The fourth-order valence-electron chi connectivity index (χ4n) is 3.39. The van der Waals surface area contributed by atoms with Gasteiger partial charge in [0.2, 0.25) is 0 Å². The number of piperazine rings is 1. The van der Waals surface area contributed by atoms with Crippen LogP contribution >= 0.6 is 11.3 Å². The van der Waals surface area contributed by atoms with E-state index in [0.717, 1.165) is 12.5 Å². The second-order valence-corrected chi connectivity index (χ2v) is 8.20. The molecular formula is C18H32N2S. The first-order valence-corrected chi connectivity index (χ1v) is 9.37. The van der Waals surface area contributed by atoms with E-state index in [-0.39, 0.29) is 5.41 Å². The van der Waals surface area contributed by atoms with Crippen LogP contribution in [0.15, 0.2) is 17.5 Å². The third kappa shape index (κ3) is 4.08. The van der Waals surface area contributed by atoms with E-state index < -0.39 is 0 Å². The number of rotatable bonds is 6. The number of nitrogens with one attached hydrogen (secondary N) is 1. The standard InChI is InChI=1S/C18H32N2S/c1-6-14(3)16-12-20(15(7-2)11-19-16)13-18(4,5)17-9-8-10-21-17/h8-10,14-16,19H,6-7,11-13H2,1-5H3. The van der Waals surface area contributed by atoms with Gasteiger partial charge in [0.15, 0.2) is 0 Å². The molecule has 0 aliphatic carbocycles. The summed E-state index contributed by atoms with van der Waals surface area (Å²) >= 11 is 1.90. The summed E-state index contributed by atoms with van der Waals surface area (Å²) in [6, 6.07) is 5.81. The van der Waals surface area contributed by atoms with Crippen LogP contribution in [0, 0.1) is 5.92 Å². The van der Waals surface area contributed by atoms with Crippen LogP contribution in [0.2, 0.25) is 0 Å². The molecule has 0 radical (unpaired) electrons. The predicted octanol–water partition coefficient (Wildman–Crippen LogP) is 4.12. The first-order valence-electron chi connectivity index (χ1n) is 8.49. The Morgan fingerprint density at radius 1 is 1.43 bits per heavy atom. The average Bonchev–Trinajstić information content (AvgIpc) is 3.01. The highest BCUT2D eigenvalue weighted by Crippen LogP contribution is 2.30. The van der Waals surface area contributed by atoms with Gasteiger partial charge in [-0.2, -0.15) is 0 Å². The van der Waals surface area contributed by atoms with E-state index in [1.807, 2.05) is 11.3 Å². The fourth-order valence-corrected chi connectivity index (χ4v) is 4.24. The summed E-state index contributed by atoms with van der Waals surface area (Å²) in [5.41, 5.74) is 0.249. The maximum absolute atomic E-state index is 3.78. The van der Waals surface area contributed by atoms with Crippen LogP contribution in [0.3, 0.4) is 0 Å². The summed E-state index contributed by atoms with van der Waals surface area (Å²) < 4.78 is 0. The molecule has 0 spiro atoms. The lowest BCUT2D eigenvalue weighted by atomic mass is 9.88. The molecule has 1 aliphatic heterocycles. The van der Waals surface area contributed by atoms with Gasteiger partial charge < -0.3 is 5.32 Å². The van der Waals surface area contributed by atoms with Crippen molar-refractivity contribution in [2.45, 2.75) is 65.0 Å². The Bertz CT molecular complexity index is 413. The lowest BCUT2D eigenvalue weighted by Gasteiger charge is -2.45. The second kappa shape index (κ2) is 7.26. The van der Waals surface area contributed by atoms with Crippen molar-refractivity contribution in [2.75, 3.05) is 19.6 Å². The molecule has 2 rings (SSSR count). The lowest BCUT2D eigenvalue weighted by molar-refractivity contribution is 0.0873. The maximum atomic E-state index is 3.78. The lowest BCUT2D eigenvalue weighted by Crippen LogP contribution is -2.60. The molecule has 1 N–H and O–H groups in total. The van der Waals surface area contributed by atoms with Gasteiger partial charge in [-0.3, -0.25) is 4.90 Å². The molecule has 1 saturated heterocycles. The summed E-state index contributed by atoms with van der Waals surface area (Å²) in [6.45, 7) is 15.3. The van der Waals surface area contributed by atoms with E-state index in [0.29, 0.717) is 12.1 Å². The van der Waals surface area contributed by atoms with Crippen LogP contribution in [0.1, 0.15) is 52.3 Å². The molecule has 1 aromatic heterocycles. The quantitative estimate of drug-likeness (QED) is 0.850. The SMILES string of the molecule is CCC(C)C1CN(CC(C)(C)c2cccs2)C(CC)CN1. The molecule has 120 valence electrons. The molecule has 2 heterocycles. The molecule has 0 amide bonds. The number of hydrogen-bond acceptors (Lipinski definition) is 3. The average molecular weight is 309 g/mol. The van der Waals surface area contributed by atoms with Gasteiger partial charge in [-0.1, -0.05) is 47.1 Å². The molecule has 21 heavy (non-hydrogen) atoms. The third-order valence-electron chi connectivity index (χ3n) is 5.15. The third-order valence-corrected chi connectivity index (χ3v) is 6.39. The van der Waals surface area contributed by atoms with Gasteiger partial charge in [0.05, 0.1) is 0 Å². The minimum Gasteiger partial charge on any atom is -0.311 e. The largest absolute Gasteiger partial charge is 0.311 e. The van der Waals surface area contributed by atoms with E-state index >= 15 is 0 Å². The maximum Gasteiger partial charge on any atom is 0.0221 e. The Kier molecular flexibility index (Phi) is 5.87. The highest BCUT2D eigenvalue weighted by molar-refractivity contribution is 7.10. The van der Waals surface area contributed by atoms with Gasteiger partial charge in [0, 0.05) is 42.0 Å². The first-order chi connectivity index (χ1) is 9.97. The van der Waals surface area contributed by atoms with Crippen molar-refractivity contribution in [3.63, 3.8) is 0 Å². The molecule has 1 aliphatic rings. The zero-order valence-corrected chi connectivity index (χ0v) is 15.2. The van der Waals surface area contributed by atoms with Crippen LogP contribution in [0.4, 0.5) is 0 Å². The van der Waals surface area contributed by atoms with Gasteiger partial charge in [0.25, 0.3) is 0 Å². The number of thiophene rings is 1. The number of hydrogen-bond donors (Lipinski definition) is 1. The Morgan fingerprint density at radius 2 is 2.19 bits per heavy atom. The molecule has 0 saturated carbocycles. The smallest absolute Gasteiger partial charge is 0.0221 e. The van der Waals surface area contributed by atoms with Crippen molar-refractivity contribution in [3.8, 4) is 0 Å². The van der Waals surface area contributed by atoms with Crippen molar-refractivity contribution in [1.82, 2.24) is 10.2 Å². The van der Waals surface area contributed by atoms with Crippen LogP contribution in [0.25, 0.3) is 0 Å². The van der Waals surface area contributed by atoms with Crippen LogP contribution in [0.5, 0.6) is 0 Å². The molecule has 3 heteroatoms. The van der Waals surface area contributed by atoms with E-state index in [1.54, 1.807) is 0 Å². The minimum atomic E-state index is 0.249. The van der Waals surface area contributed by atoms with Gasteiger partial charge in [0.1, 0.15) is 0 Å². The summed E-state index contributed by atoms with van der Waals surface area (Å²) in [5.74, 6) is 0.759. The highest BCUT2D eigenvalue weighted by atomic mass is 32.1.